The van der Waals surface area contributed by atoms with Crippen molar-refractivity contribution in [2.24, 2.45) is 0 Å². The minimum Gasteiger partial charge on any atom is -0.299 e. The lowest BCUT2D eigenvalue weighted by Crippen LogP contribution is -1.94. The van der Waals surface area contributed by atoms with Crippen LogP contribution in [0.15, 0.2) is 41.8 Å². The largest absolute Gasteiger partial charge is 0.299 e. The summed E-state index contributed by atoms with van der Waals surface area (Å²) in [6.45, 7) is 2.15. The van der Waals surface area contributed by atoms with E-state index in [2.05, 4.69) is 39.4 Å². The molecule has 28 heavy (non-hydrogen) atoms. The highest BCUT2D eigenvalue weighted by molar-refractivity contribution is 7.22. The molecule has 3 aromatic heterocycles. The molecule has 2 aromatic carbocycles. The predicted octanol–water partition coefficient (Wildman–Crippen LogP) is 6.68. The van der Waals surface area contributed by atoms with Crippen molar-refractivity contribution in [3.05, 3.63) is 57.4 Å². The van der Waals surface area contributed by atoms with E-state index in [1.54, 1.807) is 28.0 Å². The van der Waals surface area contributed by atoms with Gasteiger partial charge in [0.25, 0.3) is 0 Å². The fraction of sp³-hybridized carbons (Fsp3) is 0.105. The standard InChI is InChI=1S/C19H13Cl2N5S2/c1-2-10-3-6-14-16(7-10)28-18(22-14)23-17-24-19-26(25-17)15(9-27-19)12-8-11(20)4-5-13(12)21/h3-9H,2H2,1H3,(H,22,23,25). The molecule has 0 spiro atoms. The molecule has 0 amide bonds. The Hall–Kier alpha value is -2.19. The van der Waals surface area contributed by atoms with Crippen molar-refractivity contribution in [3.8, 4) is 11.3 Å². The molecule has 9 heteroatoms. The lowest BCUT2D eigenvalue weighted by Gasteiger charge is -2.02. The molecule has 0 atom stereocenters. The summed E-state index contributed by atoms with van der Waals surface area (Å²) in [6.07, 6.45) is 1.00. The lowest BCUT2D eigenvalue weighted by molar-refractivity contribution is 0.988. The fourth-order valence-corrected chi connectivity index (χ4v) is 5.08. The second kappa shape index (κ2) is 7.00. The van der Waals surface area contributed by atoms with Crippen LogP contribution in [0.1, 0.15) is 12.5 Å². The number of hydrogen-bond donors (Lipinski definition) is 1. The molecule has 3 heterocycles. The van der Waals surface area contributed by atoms with Crippen LogP contribution in [0.25, 0.3) is 26.4 Å². The minimum atomic E-state index is 0.501. The Kier molecular flexibility index (Phi) is 4.47. The highest BCUT2D eigenvalue weighted by Crippen LogP contribution is 2.34. The third-order valence-electron chi connectivity index (χ3n) is 4.37. The fourth-order valence-electron chi connectivity index (χ4n) is 2.95. The average Bonchev–Trinajstić information content (AvgIpc) is 3.36. The van der Waals surface area contributed by atoms with Gasteiger partial charge in [0.2, 0.25) is 10.9 Å². The average molecular weight is 446 g/mol. The molecule has 5 nitrogen and oxygen atoms in total. The number of nitrogens with zero attached hydrogens (tertiary/aromatic N) is 4. The quantitative estimate of drug-likeness (QED) is 0.335. The summed E-state index contributed by atoms with van der Waals surface area (Å²) in [5.41, 5.74) is 3.94. The molecule has 0 bridgehead atoms. The molecule has 140 valence electrons. The van der Waals surface area contributed by atoms with Gasteiger partial charge in [0.1, 0.15) is 0 Å². The number of aryl methyl sites for hydroxylation is 1. The second-order valence-electron chi connectivity index (χ2n) is 6.17. The van der Waals surface area contributed by atoms with Crippen LogP contribution < -0.4 is 5.32 Å². The van der Waals surface area contributed by atoms with Crippen molar-refractivity contribution >= 4 is 72.1 Å². The maximum Gasteiger partial charge on any atom is 0.250 e. The number of benzene rings is 2. The van der Waals surface area contributed by atoms with Gasteiger partial charge in [0.05, 0.1) is 20.9 Å². The molecule has 0 aliphatic heterocycles. The SMILES string of the molecule is CCc1ccc2nc(Nc3nc4scc(-c5cc(Cl)ccc5Cl)n4n3)sc2c1. The number of hydrogen-bond acceptors (Lipinski definition) is 6. The van der Waals surface area contributed by atoms with E-state index in [-0.39, 0.29) is 0 Å². The number of aromatic nitrogens is 4. The Bertz CT molecular complexity index is 1320. The normalized spacial score (nSPS) is 11.5. The first kappa shape index (κ1) is 17.9. The Morgan fingerprint density at radius 1 is 1.11 bits per heavy atom. The van der Waals surface area contributed by atoms with E-state index in [1.165, 1.54) is 16.9 Å². The Balaban J connectivity index is 1.51. The molecule has 0 fully saturated rings. The van der Waals surface area contributed by atoms with Crippen LogP contribution in [-0.4, -0.2) is 19.6 Å². The van der Waals surface area contributed by atoms with E-state index in [0.29, 0.717) is 16.0 Å². The Morgan fingerprint density at radius 2 is 2.00 bits per heavy atom. The first-order valence-electron chi connectivity index (χ1n) is 8.57. The van der Waals surface area contributed by atoms with Crippen LogP contribution >= 0.6 is 45.9 Å². The first-order chi connectivity index (χ1) is 13.6. The first-order valence-corrected chi connectivity index (χ1v) is 11.0. The molecular weight excluding hydrogens is 433 g/mol. The third-order valence-corrected chi connectivity index (χ3v) is 6.68. The summed E-state index contributed by atoms with van der Waals surface area (Å²) >= 11 is 15.6. The van der Waals surface area contributed by atoms with Crippen LogP contribution in [0, 0.1) is 0 Å². The molecule has 0 aliphatic rings. The van der Waals surface area contributed by atoms with E-state index in [0.717, 1.165) is 38.0 Å². The van der Waals surface area contributed by atoms with E-state index < -0.39 is 0 Å². The smallest absolute Gasteiger partial charge is 0.250 e. The summed E-state index contributed by atoms with van der Waals surface area (Å²) < 4.78 is 2.92. The second-order valence-corrected chi connectivity index (χ2v) is 8.89. The summed E-state index contributed by atoms with van der Waals surface area (Å²) in [7, 11) is 0. The topological polar surface area (TPSA) is 55.1 Å². The Labute approximate surface area is 178 Å². The van der Waals surface area contributed by atoms with Crippen LogP contribution in [0.4, 0.5) is 11.1 Å². The zero-order chi connectivity index (χ0) is 19.3. The Morgan fingerprint density at radius 3 is 2.86 bits per heavy atom. The maximum atomic E-state index is 6.35. The third kappa shape index (κ3) is 3.14. The predicted molar refractivity (Wildman–Crippen MR) is 119 cm³/mol. The van der Waals surface area contributed by atoms with Crippen LogP contribution in [0.5, 0.6) is 0 Å². The van der Waals surface area contributed by atoms with Crippen LogP contribution in [-0.2, 0) is 6.42 Å². The van der Waals surface area contributed by atoms with Gasteiger partial charge < -0.3 is 0 Å². The van der Waals surface area contributed by atoms with Gasteiger partial charge in [-0.05, 0) is 42.3 Å². The molecular formula is C19H13Cl2N5S2. The highest BCUT2D eigenvalue weighted by Gasteiger charge is 2.15. The number of halogens is 2. The summed E-state index contributed by atoms with van der Waals surface area (Å²) in [5, 5.41) is 11.8. The highest BCUT2D eigenvalue weighted by atomic mass is 35.5. The zero-order valence-corrected chi connectivity index (χ0v) is 17.8. The van der Waals surface area contributed by atoms with Crippen molar-refractivity contribution in [3.63, 3.8) is 0 Å². The molecule has 0 unspecified atom stereocenters. The molecule has 0 radical (unpaired) electrons. The number of rotatable bonds is 4. The zero-order valence-electron chi connectivity index (χ0n) is 14.6. The molecule has 0 saturated carbocycles. The number of fused-ring (bicyclic) bond motifs is 2. The van der Waals surface area contributed by atoms with Crippen LogP contribution in [0.2, 0.25) is 10.0 Å². The van der Waals surface area contributed by atoms with E-state index in [9.17, 15) is 0 Å². The van der Waals surface area contributed by atoms with Gasteiger partial charge in [-0.25, -0.2) is 9.50 Å². The summed E-state index contributed by atoms with van der Waals surface area (Å²) in [6, 6.07) is 11.7. The van der Waals surface area contributed by atoms with E-state index >= 15 is 0 Å². The molecule has 5 aromatic rings. The van der Waals surface area contributed by atoms with Gasteiger partial charge in [-0.15, -0.1) is 16.4 Å². The number of nitrogens with one attached hydrogen (secondary N) is 1. The van der Waals surface area contributed by atoms with E-state index in [4.69, 9.17) is 23.2 Å². The van der Waals surface area contributed by atoms with Crippen LogP contribution in [0.3, 0.4) is 0 Å². The monoisotopic (exact) mass is 445 g/mol. The number of anilines is 2. The van der Waals surface area contributed by atoms with Crippen molar-refractivity contribution in [1.82, 2.24) is 19.6 Å². The van der Waals surface area contributed by atoms with Crippen molar-refractivity contribution in [1.29, 1.82) is 0 Å². The number of thiazole rings is 2. The van der Waals surface area contributed by atoms with Gasteiger partial charge in [-0.1, -0.05) is 47.5 Å². The molecule has 0 saturated heterocycles. The molecule has 1 N–H and O–H groups in total. The van der Waals surface area contributed by atoms with Gasteiger partial charge in [0.15, 0.2) is 5.13 Å². The van der Waals surface area contributed by atoms with Crippen molar-refractivity contribution < 1.29 is 0 Å². The lowest BCUT2D eigenvalue weighted by atomic mass is 10.2. The van der Waals surface area contributed by atoms with Gasteiger partial charge >= 0.3 is 0 Å². The van der Waals surface area contributed by atoms with Gasteiger partial charge in [-0.2, -0.15) is 4.98 Å². The summed E-state index contributed by atoms with van der Waals surface area (Å²) in [5.74, 6) is 0.501. The van der Waals surface area contributed by atoms with Gasteiger partial charge in [-0.3, -0.25) is 5.32 Å². The van der Waals surface area contributed by atoms with E-state index in [1.807, 2.05) is 17.5 Å². The maximum absolute atomic E-state index is 6.35. The van der Waals surface area contributed by atoms with Crippen molar-refractivity contribution in [2.45, 2.75) is 13.3 Å². The minimum absolute atomic E-state index is 0.501. The van der Waals surface area contributed by atoms with Gasteiger partial charge in [0, 0.05) is 16.0 Å². The molecule has 0 aliphatic carbocycles. The van der Waals surface area contributed by atoms with Crippen molar-refractivity contribution in [2.75, 3.05) is 5.32 Å². The summed E-state index contributed by atoms with van der Waals surface area (Å²) in [4.78, 5) is 9.95. The molecule has 5 rings (SSSR count).